The first kappa shape index (κ1) is 10.8. The monoisotopic (exact) mass is 221 g/mol. The topological polar surface area (TPSA) is 51.0 Å². The summed E-state index contributed by atoms with van der Waals surface area (Å²) >= 11 is 0. The van der Waals surface area contributed by atoms with E-state index >= 15 is 0 Å². The second kappa shape index (κ2) is 4.85. The molecule has 1 aromatic heterocycles. The summed E-state index contributed by atoms with van der Waals surface area (Å²) in [6, 6.07) is 6.35. The fraction of sp³-hybridized carbons (Fsp3) is 0.273. The largest absolute Gasteiger partial charge is 0.424 e. The third kappa shape index (κ3) is 2.87. The van der Waals surface area contributed by atoms with E-state index in [4.69, 9.17) is 4.42 Å². The Morgan fingerprint density at radius 1 is 1.19 bits per heavy atom. The molecule has 1 N–H and O–H groups in total. The molecule has 0 atom stereocenters. The van der Waals surface area contributed by atoms with Crippen LogP contribution in [-0.2, 0) is 13.1 Å². The molecule has 5 heteroatoms. The molecule has 16 heavy (non-hydrogen) atoms. The molecule has 1 aromatic carbocycles. The maximum Gasteiger partial charge on any atom is 0.230 e. The summed E-state index contributed by atoms with van der Waals surface area (Å²) in [5, 5.41) is 10.7. The first-order valence-electron chi connectivity index (χ1n) is 4.98. The van der Waals surface area contributed by atoms with Crippen molar-refractivity contribution in [2.75, 3.05) is 0 Å². The van der Waals surface area contributed by atoms with Gasteiger partial charge < -0.3 is 9.73 Å². The van der Waals surface area contributed by atoms with E-state index in [1.807, 2.05) is 0 Å². The molecule has 4 nitrogen and oxygen atoms in total. The van der Waals surface area contributed by atoms with Crippen LogP contribution in [0.1, 0.15) is 17.3 Å². The molecular formula is C11H12FN3O. The number of benzene rings is 1. The smallest absolute Gasteiger partial charge is 0.230 e. The van der Waals surface area contributed by atoms with Crippen LogP contribution in [0.15, 0.2) is 28.7 Å². The zero-order valence-electron chi connectivity index (χ0n) is 8.90. The molecule has 0 aliphatic carbocycles. The van der Waals surface area contributed by atoms with Crippen molar-refractivity contribution in [1.82, 2.24) is 15.5 Å². The molecule has 84 valence electrons. The molecule has 0 saturated carbocycles. The Labute approximate surface area is 92.5 Å². The SMILES string of the molecule is Cc1nnc(CNCc2ccc(F)cc2)o1. The molecule has 0 saturated heterocycles. The number of hydrogen-bond donors (Lipinski definition) is 1. The van der Waals surface area contributed by atoms with Crippen molar-refractivity contribution >= 4 is 0 Å². The van der Waals surface area contributed by atoms with Gasteiger partial charge >= 0.3 is 0 Å². The summed E-state index contributed by atoms with van der Waals surface area (Å²) in [7, 11) is 0. The minimum atomic E-state index is -0.226. The van der Waals surface area contributed by atoms with E-state index in [9.17, 15) is 4.39 Å². The summed E-state index contributed by atoms with van der Waals surface area (Å²) in [5.41, 5.74) is 1.01. The third-order valence-corrected chi connectivity index (χ3v) is 2.09. The normalized spacial score (nSPS) is 10.6. The molecule has 0 radical (unpaired) electrons. The first-order chi connectivity index (χ1) is 7.74. The van der Waals surface area contributed by atoms with Crippen LogP contribution in [0, 0.1) is 12.7 Å². The van der Waals surface area contributed by atoms with E-state index in [1.165, 1.54) is 12.1 Å². The second-order valence-electron chi connectivity index (χ2n) is 3.44. The molecule has 0 unspecified atom stereocenters. The Bertz CT molecular complexity index is 453. The molecule has 2 aromatic rings. The van der Waals surface area contributed by atoms with Crippen LogP contribution in [0.2, 0.25) is 0 Å². The summed E-state index contributed by atoms with van der Waals surface area (Å²) in [6.45, 7) is 2.90. The lowest BCUT2D eigenvalue weighted by Crippen LogP contribution is -2.12. The van der Waals surface area contributed by atoms with Crippen LogP contribution in [0.5, 0.6) is 0 Å². The Balaban J connectivity index is 1.82. The van der Waals surface area contributed by atoms with E-state index in [0.717, 1.165) is 5.56 Å². The minimum Gasteiger partial charge on any atom is -0.424 e. The van der Waals surface area contributed by atoms with Crippen molar-refractivity contribution in [3.8, 4) is 0 Å². The van der Waals surface area contributed by atoms with Crippen molar-refractivity contribution in [1.29, 1.82) is 0 Å². The maximum absolute atomic E-state index is 12.6. The Kier molecular flexibility index (Phi) is 3.26. The van der Waals surface area contributed by atoms with Crippen LogP contribution in [0.25, 0.3) is 0 Å². The van der Waals surface area contributed by atoms with E-state index in [-0.39, 0.29) is 5.82 Å². The summed E-state index contributed by atoms with van der Waals surface area (Å²) < 4.78 is 17.8. The van der Waals surface area contributed by atoms with Crippen molar-refractivity contribution < 1.29 is 8.81 Å². The van der Waals surface area contributed by atoms with Gasteiger partial charge in [0.2, 0.25) is 11.8 Å². The standard InChI is InChI=1S/C11H12FN3O/c1-8-14-15-11(16-8)7-13-6-9-2-4-10(12)5-3-9/h2-5,13H,6-7H2,1H3. The molecule has 0 bridgehead atoms. The van der Waals surface area contributed by atoms with Gasteiger partial charge in [0.05, 0.1) is 6.54 Å². The summed E-state index contributed by atoms with van der Waals surface area (Å²) in [5.74, 6) is 0.884. The summed E-state index contributed by atoms with van der Waals surface area (Å²) in [4.78, 5) is 0. The van der Waals surface area contributed by atoms with Gasteiger partial charge in [0.1, 0.15) is 5.82 Å². The highest BCUT2D eigenvalue weighted by molar-refractivity contribution is 5.15. The Hall–Kier alpha value is -1.75. The average Bonchev–Trinajstić information content (AvgIpc) is 2.67. The molecule has 0 aliphatic heterocycles. The zero-order valence-corrected chi connectivity index (χ0v) is 8.90. The van der Waals surface area contributed by atoms with Gasteiger partial charge in [0, 0.05) is 13.5 Å². The molecule has 0 amide bonds. The Morgan fingerprint density at radius 3 is 2.56 bits per heavy atom. The maximum atomic E-state index is 12.6. The van der Waals surface area contributed by atoms with Gasteiger partial charge in [0.15, 0.2) is 0 Å². The van der Waals surface area contributed by atoms with Crippen LogP contribution in [0.3, 0.4) is 0 Å². The van der Waals surface area contributed by atoms with E-state index in [2.05, 4.69) is 15.5 Å². The lowest BCUT2D eigenvalue weighted by atomic mass is 10.2. The number of halogens is 1. The molecule has 1 heterocycles. The first-order valence-corrected chi connectivity index (χ1v) is 4.98. The number of rotatable bonds is 4. The van der Waals surface area contributed by atoms with Crippen LogP contribution in [-0.4, -0.2) is 10.2 Å². The van der Waals surface area contributed by atoms with E-state index in [0.29, 0.717) is 24.9 Å². The fourth-order valence-corrected chi connectivity index (χ4v) is 1.32. The minimum absolute atomic E-state index is 0.226. The van der Waals surface area contributed by atoms with Gasteiger partial charge in [-0.15, -0.1) is 10.2 Å². The van der Waals surface area contributed by atoms with Gasteiger partial charge in [-0.2, -0.15) is 0 Å². The van der Waals surface area contributed by atoms with Crippen LogP contribution < -0.4 is 5.32 Å². The molecule has 0 aliphatic rings. The number of hydrogen-bond acceptors (Lipinski definition) is 4. The summed E-state index contributed by atoms with van der Waals surface area (Å²) in [6.07, 6.45) is 0. The van der Waals surface area contributed by atoms with Gasteiger partial charge in [-0.1, -0.05) is 12.1 Å². The molecule has 2 rings (SSSR count). The van der Waals surface area contributed by atoms with E-state index in [1.54, 1.807) is 19.1 Å². The fourth-order valence-electron chi connectivity index (χ4n) is 1.32. The lowest BCUT2D eigenvalue weighted by Gasteiger charge is -2.01. The number of nitrogens with one attached hydrogen (secondary N) is 1. The quantitative estimate of drug-likeness (QED) is 0.855. The highest BCUT2D eigenvalue weighted by Gasteiger charge is 2.01. The van der Waals surface area contributed by atoms with Crippen molar-refractivity contribution in [3.63, 3.8) is 0 Å². The number of nitrogens with zero attached hydrogens (tertiary/aromatic N) is 2. The second-order valence-corrected chi connectivity index (χ2v) is 3.44. The lowest BCUT2D eigenvalue weighted by molar-refractivity contribution is 0.446. The Morgan fingerprint density at radius 2 is 1.94 bits per heavy atom. The van der Waals surface area contributed by atoms with Crippen molar-refractivity contribution in [2.24, 2.45) is 0 Å². The zero-order chi connectivity index (χ0) is 11.4. The van der Waals surface area contributed by atoms with Crippen LogP contribution >= 0.6 is 0 Å². The highest BCUT2D eigenvalue weighted by atomic mass is 19.1. The van der Waals surface area contributed by atoms with Gasteiger partial charge in [0.25, 0.3) is 0 Å². The average molecular weight is 221 g/mol. The van der Waals surface area contributed by atoms with Gasteiger partial charge in [-0.3, -0.25) is 0 Å². The molecular weight excluding hydrogens is 209 g/mol. The van der Waals surface area contributed by atoms with Gasteiger partial charge in [-0.25, -0.2) is 4.39 Å². The van der Waals surface area contributed by atoms with Crippen molar-refractivity contribution in [3.05, 3.63) is 47.4 Å². The molecule has 0 spiro atoms. The highest BCUT2D eigenvalue weighted by Crippen LogP contribution is 2.03. The van der Waals surface area contributed by atoms with Crippen molar-refractivity contribution in [2.45, 2.75) is 20.0 Å². The number of aryl methyl sites for hydroxylation is 1. The van der Waals surface area contributed by atoms with E-state index < -0.39 is 0 Å². The number of aromatic nitrogens is 2. The molecule has 0 fully saturated rings. The predicted octanol–water partition coefficient (Wildman–Crippen LogP) is 1.81. The van der Waals surface area contributed by atoms with Gasteiger partial charge in [-0.05, 0) is 17.7 Å². The van der Waals surface area contributed by atoms with Crippen LogP contribution in [0.4, 0.5) is 4.39 Å². The predicted molar refractivity (Wildman–Crippen MR) is 56.0 cm³/mol. The third-order valence-electron chi connectivity index (χ3n) is 2.09.